The SMILES string of the molecule is CCCN(CCC)CCCC(CC)NCC. The molecule has 1 unspecified atom stereocenters. The Balaban J connectivity index is 3.65. The van der Waals surface area contributed by atoms with Gasteiger partial charge in [0.15, 0.2) is 0 Å². The van der Waals surface area contributed by atoms with Crippen LogP contribution in [0.15, 0.2) is 0 Å². The van der Waals surface area contributed by atoms with Gasteiger partial charge < -0.3 is 10.2 Å². The van der Waals surface area contributed by atoms with Crippen LogP contribution in [0.25, 0.3) is 0 Å². The van der Waals surface area contributed by atoms with Crippen LogP contribution in [-0.2, 0) is 0 Å². The van der Waals surface area contributed by atoms with Gasteiger partial charge in [0, 0.05) is 6.04 Å². The molecule has 0 rings (SSSR count). The van der Waals surface area contributed by atoms with Crippen molar-refractivity contribution in [2.24, 2.45) is 0 Å². The lowest BCUT2D eigenvalue weighted by molar-refractivity contribution is 0.263. The molecule has 0 aliphatic heterocycles. The Bertz CT molecular complexity index is 131. The van der Waals surface area contributed by atoms with Gasteiger partial charge in [-0.1, -0.05) is 27.7 Å². The lowest BCUT2D eigenvalue weighted by Gasteiger charge is -2.22. The fourth-order valence-corrected chi connectivity index (χ4v) is 2.27. The van der Waals surface area contributed by atoms with Crippen molar-refractivity contribution >= 4 is 0 Å². The second-order valence-electron chi connectivity index (χ2n) is 4.65. The third-order valence-electron chi connectivity index (χ3n) is 3.09. The minimum absolute atomic E-state index is 0.732. The number of hydrogen-bond donors (Lipinski definition) is 1. The molecule has 0 saturated carbocycles. The van der Waals surface area contributed by atoms with E-state index in [-0.39, 0.29) is 0 Å². The molecule has 16 heavy (non-hydrogen) atoms. The first kappa shape index (κ1) is 15.9. The van der Waals surface area contributed by atoms with E-state index in [9.17, 15) is 0 Å². The summed E-state index contributed by atoms with van der Waals surface area (Å²) in [6, 6.07) is 0.732. The highest BCUT2D eigenvalue weighted by molar-refractivity contribution is 4.65. The number of nitrogens with one attached hydrogen (secondary N) is 1. The van der Waals surface area contributed by atoms with Crippen LogP contribution < -0.4 is 5.32 Å². The highest BCUT2D eigenvalue weighted by atomic mass is 15.1. The Labute approximate surface area is 103 Å². The van der Waals surface area contributed by atoms with Gasteiger partial charge in [-0.05, 0) is 58.3 Å². The van der Waals surface area contributed by atoms with Gasteiger partial charge in [-0.25, -0.2) is 0 Å². The van der Waals surface area contributed by atoms with Gasteiger partial charge >= 0.3 is 0 Å². The molecule has 0 aromatic rings. The van der Waals surface area contributed by atoms with Crippen LogP contribution in [0.2, 0.25) is 0 Å². The number of rotatable bonds is 11. The number of hydrogen-bond acceptors (Lipinski definition) is 2. The van der Waals surface area contributed by atoms with Crippen LogP contribution in [0, 0.1) is 0 Å². The van der Waals surface area contributed by atoms with E-state index in [1.165, 1.54) is 51.7 Å². The van der Waals surface area contributed by atoms with E-state index < -0.39 is 0 Å². The quantitative estimate of drug-likeness (QED) is 0.584. The molecule has 0 aromatic carbocycles. The molecule has 2 heteroatoms. The highest BCUT2D eigenvalue weighted by Gasteiger charge is 2.06. The van der Waals surface area contributed by atoms with Crippen molar-refractivity contribution < 1.29 is 0 Å². The smallest absolute Gasteiger partial charge is 0.00647 e. The van der Waals surface area contributed by atoms with Crippen molar-refractivity contribution in [1.29, 1.82) is 0 Å². The minimum atomic E-state index is 0.732. The van der Waals surface area contributed by atoms with E-state index >= 15 is 0 Å². The van der Waals surface area contributed by atoms with Crippen molar-refractivity contribution in [2.75, 3.05) is 26.2 Å². The summed E-state index contributed by atoms with van der Waals surface area (Å²) < 4.78 is 0. The minimum Gasteiger partial charge on any atom is -0.314 e. The fourth-order valence-electron chi connectivity index (χ4n) is 2.27. The third kappa shape index (κ3) is 8.12. The average Bonchev–Trinajstić information content (AvgIpc) is 2.28. The Kier molecular flexibility index (Phi) is 11.3. The summed E-state index contributed by atoms with van der Waals surface area (Å²) in [5.41, 5.74) is 0. The second kappa shape index (κ2) is 11.4. The summed E-state index contributed by atoms with van der Waals surface area (Å²) in [6.07, 6.45) is 6.49. The van der Waals surface area contributed by atoms with Gasteiger partial charge in [-0.15, -0.1) is 0 Å². The molecule has 98 valence electrons. The molecule has 1 atom stereocenters. The summed E-state index contributed by atoms with van der Waals surface area (Å²) >= 11 is 0. The zero-order valence-electron chi connectivity index (χ0n) is 11.9. The van der Waals surface area contributed by atoms with Crippen molar-refractivity contribution in [3.05, 3.63) is 0 Å². The molecule has 2 nitrogen and oxygen atoms in total. The summed E-state index contributed by atoms with van der Waals surface area (Å²) in [7, 11) is 0. The van der Waals surface area contributed by atoms with Gasteiger partial charge in [0.2, 0.25) is 0 Å². The second-order valence-corrected chi connectivity index (χ2v) is 4.65. The maximum atomic E-state index is 3.55. The van der Waals surface area contributed by atoms with Gasteiger partial charge in [-0.3, -0.25) is 0 Å². The molecular weight excluding hydrogens is 196 g/mol. The van der Waals surface area contributed by atoms with Crippen LogP contribution in [-0.4, -0.2) is 37.1 Å². The topological polar surface area (TPSA) is 15.3 Å². The molecule has 0 fully saturated rings. The first-order chi connectivity index (χ1) is 7.78. The lowest BCUT2D eigenvalue weighted by Crippen LogP contribution is -2.31. The van der Waals surface area contributed by atoms with Gasteiger partial charge in [0.1, 0.15) is 0 Å². The average molecular weight is 228 g/mol. The monoisotopic (exact) mass is 228 g/mol. The predicted molar refractivity (Wildman–Crippen MR) is 74.0 cm³/mol. The van der Waals surface area contributed by atoms with Gasteiger partial charge in [-0.2, -0.15) is 0 Å². The molecule has 0 aliphatic rings. The summed E-state index contributed by atoms with van der Waals surface area (Å²) in [5, 5.41) is 3.55. The molecule has 0 aliphatic carbocycles. The third-order valence-corrected chi connectivity index (χ3v) is 3.09. The number of nitrogens with zero attached hydrogens (tertiary/aromatic N) is 1. The van der Waals surface area contributed by atoms with Crippen LogP contribution in [0.4, 0.5) is 0 Å². The van der Waals surface area contributed by atoms with Crippen molar-refractivity contribution in [2.45, 2.75) is 65.8 Å². The standard InChI is InChI=1S/C14H32N2/c1-5-11-16(12-6-2)13-9-10-14(7-3)15-8-4/h14-15H,5-13H2,1-4H3. The van der Waals surface area contributed by atoms with Crippen molar-refractivity contribution in [1.82, 2.24) is 10.2 Å². The Morgan fingerprint density at radius 3 is 2.00 bits per heavy atom. The summed E-state index contributed by atoms with van der Waals surface area (Å²) in [6.45, 7) is 14.0. The molecule has 0 bridgehead atoms. The van der Waals surface area contributed by atoms with Crippen molar-refractivity contribution in [3.63, 3.8) is 0 Å². The van der Waals surface area contributed by atoms with E-state index in [2.05, 4.69) is 37.9 Å². The normalized spacial score (nSPS) is 13.3. The zero-order valence-corrected chi connectivity index (χ0v) is 11.9. The first-order valence-corrected chi connectivity index (χ1v) is 7.24. The van der Waals surface area contributed by atoms with Crippen LogP contribution in [0.3, 0.4) is 0 Å². The zero-order chi connectivity index (χ0) is 12.2. The molecule has 0 heterocycles. The molecule has 1 N–H and O–H groups in total. The van der Waals surface area contributed by atoms with E-state index in [0.29, 0.717) is 0 Å². The van der Waals surface area contributed by atoms with Gasteiger partial charge in [0.05, 0.1) is 0 Å². The fraction of sp³-hybridized carbons (Fsp3) is 1.00. The Morgan fingerprint density at radius 2 is 1.56 bits per heavy atom. The summed E-state index contributed by atoms with van der Waals surface area (Å²) in [5.74, 6) is 0. The summed E-state index contributed by atoms with van der Waals surface area (Å²) in [4.78, 5) is 2.61. The maximum absolute atomic E-state index is 3.55. The molecule has 0 saturated heterocycles. The van der Waals surface area contributed by atoms with Crippen LogP contribution >= 0.6 is 0 Å². The molecule has 0 radical (unpaired) electrons. The predicted octanol–water partition coefficient (Wildman–Crippen LogP) is 3.28. The highest BCUT2D eigenvalue weighted by Crippen LogP contribution is 2.04. The molecule has 0 aromatic heterocycles. The molecule has 0 spiro atoms. The van der Waals surface area contributed by atoms with E-state index in [1.807, 2.05) is 0 Å². The lowest BCUT2D eigenvalue weighted by atomic mass is 10.1. The van der Waals surface area contributed by atoms with Crippen LogP contribution in [0.5, 0.6) is 0 Å². The van der Waals surface area contributed by atoms with Gasteiger partial charge in [0.25, 0.3) is 0 Å². The van der Waals surface area contributed by atoms with Crippen LogP contribution in [0.1, 0.15) is 59.8 Å². The molecular formula is C14H32N2. The van der Waals surface area contributed by atoms with E-state index in [1.54, 1.807) is 0 Å². The Hall–Kier alpha value is -0.0800. The largest absolute Gasteiger partial charge is 0.314 e. The first-order valence-electron chi connectivity index (χ1n) is 7.24. The van der Waals surface area contributed by atoms with E-state index in [0.717, 1.165) is 12.6 Å². The van der Waals surface area contributed by atoms with Crippen molar-refractivity contribution in [3.8, 4) is 0 Å². The molecule has 0 amide bonds. The Morgan fingerprint density at radius 1 is 0.938 bits per heavy atom. The maximum Gasteiger partial charge on any atom is 0.00647 e. The van der Waals surface area contributed by atoms with E-state index in [4.69, 9.17) is 0 Å².